The Bertz CT molecular complexity index is 832. The smallest absolute Gasteiger partial charge is 0.123 e. The van der Waals surface area contributed by atoms with Crippen molar-refractivity contribution in [3.05, 3.63) is 73.1 Å². The lowest BCUT2D eigenvalue weighted by Gasteiger charge is -2.04. The van der Waals surface area contributed by atoms with E-state index in [9.17, 15) is 5.11 Å². The predicted octanol–water partition coefficient (Wildman–Crippen LogP) is 3.41. The first kappa shape index (κ1) is 13.8. The molecule has 0 radical (unpaired) electrons. The lowest BCUT2D eigenvalue weighted by Crippen LogP contribution is -1.81. The molecule has 0 amide bonds. The van der Waals surface area contributed by atoms with Crippen LogP contribution in [0.2, 0.25) is 0 Å². The summed E-state index contributed by atoms with van der Waals surface area (Å²) in [5.74, 6) is 0.248. The molecule has 4 aromatic rings. The largest absolute Gasteiger partial charge is 0.507 e. The monoisotopic (exact) mass is 290 g/mol. The Morgan fingerprint density at radius 2 is 1.55 bits per heavy atom. The molecule has 22 heavy (non-hydrogen) atoms. The third-order valence-corrected chi connectivity index (χ3v) is 3.12. The van der Waals surface area contributed by atoms with Gasteiger partial charge in [0.1, 0.15) is 11.3 Å². The number of aromatic nitrogens is 4. The fourth-order valence-corrected chi connectivity index (χ4v) is 2.10. The van der Waals surface area contributed by atoms with Gasteiger partial charge < -0.3 is 5.11 Å². The normalized spacial score (nSPS) is 10.0. The molecule has 2 N–H and O–H groups in total. The molecule has 2 heterocycles. The fraction of sp³-hybridized carbons (Fsp3) is 0. The van der Waals surface area contributed by atoms with Gasteiger partial charge >= 0.3 is 0 Å². The molecule has 108 valence electrons. The predicted molar refractivity (Wildman–Crippen MR) is 85.2 cm³/mol. The summed E-state index contributed by atoms with van der Waals surface area (Å²) in [6.07, 6.45) is 3.50. The van der Waals surface area contributed by atoms with E-state index in [0.717, 1.165) is 22.2 Å². The van der Waals surface area contributed by atoms with Gasteiger partial charge in [-0.1, -0.05) is 41.6 Å². The molecule has 2 aromatic heterocycles. The van der Waals surface area contributed by atoms with Gasteiger partial charge in [0.15, 0.2) is 0 Å². The molecule has 0 aliphatic carbocycles. The number of aromatic amines is 1. The first-order valence-corrected chi connectivity index (χ1v) is 6.79. The second kappa shape index (κ2) is 6.49. The molecule has 5 nitrogen and oxygen atoms in total. The number of fused-ring (bicyclic) bond motifs is 1. The Morgan fingerprint density at radius 3 is 2.23 bits per heavy atom. The quantitative estimate of drug-likeness (QED) is 0.563. The summed E-state index contributed by atoms with van der Waals surface area (Å²) < 4.78 is 0. The van der Waals surface area contributed by atoms with E-state index in [-0.39, 0.29) is 5.75 Å². The maximum Gasteiger partial charge on any atom is 0.123 e. The van der Waals surface area contributed by atoms with Crippen LogP contribution in [0.15, 0.2) is 73.1 Å². The molecule has 0 aliphatic heterocycles. The van der Waals surface area contributed by atoms with E-state index in [1.807, 2.05) is 48.5 Å². The fourth-order valence-electron chi connectivity index (χ4n) is 2.10. The van der Waals surface area contributed by atoms with Crippen LogP contribution in [0.4, 0.5) is 0 Å². The Balaban J connectivity index is 0.000000202. The number of benzene rings is 2. The molecular weight excluding hydrogens is 276 g/mol. The number of pyridine rings is 1. The summed E-state index contributed by atoms with van der Waals surface area (Å²) in [6.45, 7) is 0. The van der Waals surface area contributed by atoms with Crippen LogP contribution in [-0.2, 0) is 0 Å². The minimum Gasteiger partial charge on any atom is -0.507 e. The van der Waals surface area contributed by atoms with Crippen molar-refractivity contribution in [2.75, 3.05) is 0 Å². The number of para-hydroxylation sites is 1. The van der Waals surface area contributed by atoms with Crippen molar-refractivity contribution >= 4 is 11.0 Å². The maximum absolute atomic E-state index is 9.80. The van der Waals surface area contributed by atoms with Crippen LogP contribution in [0.3, 0.4) is 0 Å². The van der Waals surface area contributed by atoms with Crippen LogP contribution in [0.5, 0.6) is 5.75 Å². The topological polar surface area (TPSA) is 74.7 Å². The zero-order valence-electron chi connectivity index (χ0n) is 11.7. The zero-order valence-corrected chi connectivity index (χ0v) is 11.7. The molecule has 4 rings (SSSR count). The summed E-state index contributed by atoms with van der Waals surface area (Å²) in [7, 11) is 0. The van der Waals surface area contributed by atoms with E-state index >= 15 is 0 Å². The highest BCUT2D eigenvalue weighted by Gasteiger charge is 2.09. The van der Waals surface area contributed by atoms with E-state index in [1.54, 1.807) is 24.5 Å². The first-order chi connectivity index (χ1) is 10.9. The number of nitrogens with zero attached hydrogens (tertiary/aromatic N) is 3. The molecule has 0 saturated heterocycles. The molecule has 0 atom stereocenters. The molecule has 5 heteroatoms. The second-order valence-corrected chi connectivity index (χ2v) is 4.56. The molecule has 2 aromatic carbocycles. The minimum absolute atomic E-state index is 0.248. The van der Waals surface area contributed by atoms with Gasteiger partial charge in [-0.25, -0.2) is 0 Å². The summed E-state index contributed by atoms with van der Waals surface area (Å²) in [4.78, 5) is 3.78. The highest BCUT2D eigenvalue weighted by Crippen LogP contribution is 2.32. The van der Waals surface area contributed by atoms with Crippen LogP contribution in [-0.4, -0.2) is 25.5 Å². The Labute approximate surface area is 127 Å². The summed E-state index contributed by atoms with van der Waals surface area (Å²) in [5.41, 5.74) is 3.27. The van der Waals surface area contributed by atoms with Crippen LogP contribution in [0, 0.1) is 0 Å². The highest BCUT2D eigenvalue weighted by atomic mass is 16.3. The number of hydrogen-bond donors (Lipinski definition) is 2. The van der Waals surface area contributed by atoms with Crippen molar-refractivity contribution in [1.82, 2.24) is 20.4 Å². The van der Waals surface area contributed by atoms with Crippen LogP contribution >= 0.6 is 0 Å². The van der Waals surface area contributed by atoms with Gasteiger partial charge in [-0.3, -0.25) is 10.1 Å². The number of hydrogen-bond acceptors (Lipinski definition) is 4. The van der Waals surface area contributed by atoms with Crippen molar-refractivity contribution < 1.29 is 5.11 Å². The van der Waals surface area contributed by atoms with Gasteiger partial charge in [0.2, 0.25) is 0 Å². The van der Waals surface area contributed by atoms with Crippen molar-refractivity contribution in [2.45, 2.75) is 0 Å². The molecule has 0 bridgehead atoms. The number of aromatic hydroxyl groups is 1. The summed E-state index contributed by atoms with van der Waals surface area (Å²) in [6, 6.07) is 18.6. The second-order valence-electron chi connectivity index (χ2n) is 4.56. The standard InChI is InChI=1S/C12H9N3O.C5H5N/c16-11-7-2-1-4-8(11)9-5-3-6-10-12(9)14-15-13-10;1-2-4-6-5-3-1/h1-7,16H,(H,13,14,15);1-5H. The Kier molecular flexibility index (Phi) is 4.06. The summed E-state index contributed by atoms with van der Waals surface area (Å²) in [5, 5.41) is 20.4. The van der Waals surface area contributed by atoms with Gasteiger partial charge in [-0.2, -0.15) is 0 Å². The van der Waals surface area contributed by atoms with Gasteiger partial charge in [0.25, 0.3) is 0 Å². The maximum atomic E-state index is 9.80. The van der Waals surface area contributed by atoms with Crippen molar-refractivity contribution in [1.29, 1.82) is 0 Å². The number of phenols is 1. The third kappa shape index (κ3) is 2.93. The molecule has 0 saturated carbocycles. The van der Waals surface area contributed by atoms with Gasteiger partial charge in [-0.15, -0.1) is 5.10 Å². The van der Waals surface area contributed by atoms with Crippen molar-refractivity contribution in [2.24, 2.45) is 0 Å². The average molecular weight is 290 g/mol. The van der Waals surface area contributed by atoms with E-state index in [4.69, 9.17) is 0 Å². The van der Waals surface area contributed by atoms with Gasteiger partial charge in [0.05, 0.1) is 5.52 Å². The van der Waals surface area contributed by atoms with Crippen molar-refractivity contribution in [3.8, 4) is 16.9 Å². The molecule has 0 unspecified atom stereocenters. The van der Waals surface area contributed by atoms with Crippen molar-refractivity contribution in [3.63, 3.8) is 0 Å². The number of rotatable bonds is 1. The number of H-pyrrole nitrogens is 1. The number of phenolic OH excluding ortho intramolecular Hbond substituents is 1. The highest BCUT2D eigenvalue weighted by molar-refractivity contribution is 5.92. The van der Waals surface area contributed by atoms with Crippen LogP contribution < -0.4 is 0 Å². The number of nitrogens with one attached hydrogen (secondary N) is 1. The molecule has 0 aliphatic rings. The minimum atomic E-state index is 0.248. The first-order valence-electron chi connectivity index (χ1n) is 6.79. The van der Waals surface area contributed by atoms with E-state index in [0.29, 0.717) is 0 Å². The van der Waals surface area contributed by atoms with Gasteiger partial charge in [0, 0.05) is 23.5 Å². The van der Waals surface area contributed by atoms with E-state index in [1.165, 1.54) is 0 Å². The van der Waals surface area contributed by atoms with E-state index in [2.05, 4.69) is 20.4 Å². The summed E-state index contributed by atoms with van der Waals surface area (Å²) >= 11 is 0. The zero-order chi connectivity index (χ0) is 15.2. The SMILES string of the molecule is Oc1ccccc1-c1cccc2[nH]nnc12.c1ccncc1. The Morgan fingerprint density at radius 1 is 0.773 bits per heavy atom. The molecule has 0 spiro atoms. The molecule has 0 fully saturated rings. The van der Waals surface area contributed by atoms with E-state index < -0.39 is 0 Å². The lowest BCUT2D eigenvalue weighted by molar-refractivity contribution is 0.477. The Hall–Kier alpha value is -3.21. The van der Waals surface area contributed by atoms with Crippen LogP contribution in [0.25, 0.3) is 22.2 Å². The molecular formula is C17H14N4O. The van der Waals surface area contributed by atoms with Gasteiger partial charge in [-0.05, 0) is 24.3 Å². The average Bonchev–Trinajstić information content (AvgIpc) is 3.06. The third-order valence-electron chi connectivity index (χ3n) is 3.12. The lowest BCUT2D eigenvalue weighted by atomic mass is 10.0. The van der Waals surface area contributed by atoms with Crippen LogP contribution in [0.1, 0.15) is 0 Å².